The van der Waals surface area contributed by atoms with E-state index >= 15 is 0 Å². The van der Waals surface area contributed by atoms with E-state index in [-0.39, 0.29) is 31.1 Å². The number of carbonyl (C=O) groups is 6. The normalized spacial score (nSPS) is 40.0. The van der Waals surface area contributed by atoms with Crippen molar-refractivity contribution in [2.24, 2.45) is 17.8 Å². The van der Waals surface area contributed by atoms with Crippen molar-refractivity contribution in [2.75, 3.05) is 58.4 Å². The second-order valence-corrected chi connectivity index (χ2v) is 32.1. The van der Waals surface area contributed by atoms with Crippen LogP contribution in [0, 0.1) is 17.8 Å². The fourth-order valence-electron chi connectivity index (χ4n) is 15.6. The number of nitrogens with two attached hydrogens (primary N) is 1. The number of ether oxygens (including phenoxy) is 9. The van der Waals surface area contributed by atoms with Crippen LogP contribution in [0.1, 0.15) is 71.4 Å². The topological polar surface area (TPSA) is 747 Å². The van der Waals surface area contributed by atoms with Gasteiger partial charge in [0.15, 0.2) is 37.4 Å². The van der Waals surface area contributed by atoms with Crippen molar-refractivity contribution < 1.29 is 207 Å². The molecule has 5 saturated heterocycles. The number of carbonyl (C=O) groups excluding carboxylic acids is 3. The number of hydrogen-bond acceptors (Lipinski definition) is 39. The predicted octanol–water partition coefficient (Wildman–Crippen LogP) is -15.5. The molecule has 5 aliphatic heterocycles. The zero-order valence-corrected chi connectivity index (χ0v) is 63.0. The molecule has 4 bridgehead atoms. The second kappa shape index (κ2) is 38.6. The molecule has 9 aliphatic rings. The molecule has 1 aromatic rings. The number of hydrogen-bond donors (Lipinski definition) is 26. The van der Waals surface area contributed by atoms with Gasteiger partial charge in [-0.05, 0) is 18.4 Å². The van der Waals surface area contributed by atoms with Gasteiger partial charge in [-0.3, -0.25) is 9.59 Å². The zero-order chi connectivity index (χ0) is 82.4. The summed E-state index contributed by atoms with van der Waals surface area (Å²) in [7, 11) is -5.73. The van der Waals surface area contributed by atoms with Crippen LogP contribution in [-0.2, 0) is 85.0 Å². The molecule has 27 N–H and O–H groups in total. The van der Waals surface area contributed by atoms with Crippen molar-refractivity contribution in [1.29, 1.82) is 0 Å². The number of anilines is 1. The van der Waals surface area contributed by atoms with Gasteiger partial charge in [0.25, 0.3) is 0 Å². The summed E-state index contributed by atoms with van der Waals surface area (Å²) in [4.78, 5) is 104. The molecule has 4 aliphatic carbocycles. The number of aromatic nitrogens is 2. The average Bonchev–Trinajstić information content (AvgIpc) is 1.71. The van der Waals surface area contributed by atoms with Crippen LogP contribution in [-0.4, -0.2) is 372 Å². The number of aliphatic hydroxyl groups excluding tert-OH is 15. The van der Waals surface area contributed by atoms with Gasteiger partial charge in [0, 0.05) is 26.6 Å². The van der Waals surface area contributed by atoms with Gasteiger partial charge >= 0.3 is 310 Å². The molecular formula is C63H99IN8O39P-. The number of nitrogens with zero attached hydrogens (tertiary/aromatic N) is 2. The number of aliphatic carboxylic acids is 3. The molecule has 49 heteroatoms. The van der Waals surface area contributed by atoms with Crippen molar-refractivity contribution in [3.63, 3.8) is 0 Å². The summed E-state index contributed by atoms with van der Waals surface area (Å²) in [5.41, 5.74) is 2.55. The monoisotopic (exact) mass is 1750 g/mol. The molecule has 1 aromatic heterocycles. The minimum absolute atomic E-state index is 0.102. The molecule has 34 atom stereocenters. The Bertz CT molecular complexity index is 3530. The van der Waals surface area contributed by atoms with Crippen LogP contribution < -0.4 is 59.6 Å². The predicted molar refractivity (Wildman–Crippen MR) is 356 cm³/mol. The van der Waals surface area contributed by atoms with Gasteiger partial charge in [-0.25, -0.2) is 14.4 Å². The molecule has 638 valence electrons. The standard InChI is InChI=1S/C63H99IN8O39P/c1-23(76)69-36-40(83)38(81)30(20-74)104-56(36)107-48-42(85)44(87)58(109-50(48)54(92)93)106-47-31(21-75)105-57(37(41(47)84)70-24(2)77)108-49(45(88)53(90)91)55(94)101-15-13-67-61-9-3-10-62(12-11-61,51(89)25-4-6-26(61)7-5-25)68-18-34(80)66-17-27-28(78)16-63(59(95)96,110-46(27)35(64-98)29(79)19-73)111-112(99,100)102-22-32-39(82)43(86)52(103-32)72-14-8-33(65)71-60(72)97/h4,6,8,14,25-32,35-52,55-58,67-68,73-75,78-79,81-89,94,98H,3,5,7,9-13,15-22H2,1-2H3,(H,66,80)(H,69,76)(H,70,77)(H,90,91)(H,92,93)(H,95,96)(H,99,100)(H2,65,71,97)/q-1/t25?,26?,27-,28?,29-,30?,31?,32-,35?,36?,37?,38-,39+,40?,41?,42?,43+,44?,45?,46?,47-,48+,49-,50?,51?,52-,55?,56-,57-,58-,61?,62?,63-/m1/s1. The van der Waals surface area contributed by atoms with E-state index < -0.39 is 315 Å². The molecule has 112 heavy (non-hydrogen) atoms. The van der Waals surface area contributed by atoms with Crippen LogP contribution in [0.5, 0.6) is 0 Å². The van der Waals surface area contributed by atoms with E-state index in [0.717, 1.165) is 24.6 Å². The Kier molecular flexibility index (Phi) is 31.3. The zero-order valence-electron chi connectivity index (χ0n) is 59.9. The Hall–Kier alpha value is -5.00. The van der Waals surface area contributed by atoms with Crippen LogP contribution in [0.3, 0.4) is 0 Å². The van der Waals surface area contributed by atoms with Gasteiger partial charge in [0.1, 0.15) is 78.9 Å². The Labute approximate surface area is 646 Å². The van der Waals surface area contributed by atoms with E-state index in [0.29, 0.717) is 32.1 Å². The van der Waals surface area contributed by atoms with E-state index in [4.69, 9.17) is 57.4 Å². The number of nitrogen functional groups attached to an aromatic ring is 1. The smallest absolute Gasteiger partial charge is 0.479 e. The van der Waals surface area contributed by atoms with E-state index in [9.17, 15) is 138 Å². The summed E-state index contributed by atoms with van der Waals surface area (Å²) < 4.78 is 84.6. The summed E-state index contributed by atoms with van der Waals surface area (Å²) in [5, 5.41) is 210. The quantitative estimate of drug-likeness (QED) is 0.00749. The summed E-state index contributed by atoms with van der Waals surface area (Å²) >= 11 is -2.29. The first kappa shape index (κ1) is 90.9. The number of phosphoric acid groups is 1. The fourth-order valence-corrected chi connectivity index (χ4v) is 18.2. The summed E-state index contributed by atoms with van der Waals surface area (Å²) in [6.07, 6.45) is -41.8. The first-order chi connectivity index (χ1) is 52.8. The fraction of sp³-hybridized carbons (Fsp3) is 0.810. The first-order valence-corrected chi connectivity index (χ1v) is 39.4. The third-order valence-electron chi connectivity index (χ3n) is 21.5. The maximum absolute atomic E-state index is 14.0. The maximum atomic E-state index is 14.0. The number of nitrogens with one attached hydrogen (secondary N) is 5. The molecule has 3 amide bonds. The van der Waals surface area contributed by atoms with Crippen LogP contribution in [0.25, 0.3) is 0 Å². The van der Waals surface area contributed by atoms with Crippen molar-refractivity contribution >= 4 is 49.3 Å². The molecular weight excluding hydrogens is 1650 g/mol. The summed E-state index contributed by atoms with van der Waals surface area (Å²) in [6.45, 7) is -3.94. The van der Waals surface area contributed by atoms with E-state index in [1.54, 1.807) is 0 Å². The van der Waals surface area contributed by atoms with Crippen LogP contribution in [0.4, 0.5) is 5.82 Å². The minimum Gasteiger partial charge on any atom is -0.479 e. The van der Waals surface area contributed by atoms with Crippen molar-refractivity contribution in [3.8, 4) is 0 Å². The van der Waals surface area contributed by atoms with Crippen molar-refractivity contribution in [3.05, 3.63) is 34.9 Å². The molecule has 20 unspecified atom stereocenters. The number of rotatable bonds is 35. The second-order valence-electron chi connectivity index (χ2n) is 28.7. The van der Waals surface area contributed by atoms with Gasteiger partial charge < -0.3 is 111 Å². The van der Waals surface area contributed by atoms with E-state index in [1.165, 1.54) is 6.07 Å². The number of carboxylic acid groups (broad SMARTS) is 3. The molecule has 10 rings (SSSR count). The van der Waals surface area contributed by atoms with Crippen LogP contribution >= 0.6 is 7.82 Å². The van der Waals surface area contributed by atoms with Gasteiger partial charge in [0.05, 0.1) is 19.8 Å². The Morgan fingerprint density at radius 1 is 0.759 bits per heavy atom. The number of halogens is 1. The SMILES string of the molecule is CC(=O)NC1C(O)[C@H](O)C(CO)O[C@@H]1O[C@@H]1C(C(=O)O)O[C@@H](O[C@@H]2C(CO)O[C@H](O[C@@H](C(O)OCCNC34CCCC(NCC(=O)NC[C@@H]5C(O)C[C@@](OP(=O)(O)OC[C@H]6O[C@@H](n7ccc(N)nc7=O)[C@@H](O)[C@H]6O)(C(=O)O)OC5C([I-]O)[C@H](O)CO)(CC3)C(O)C3C=CC4CC3)C(O)C(=O)O)C(NC(C)=O)C2O)C(O)C1O. The van der Waals surface area contributed by atoms with Crippen LogP contribution in [0.2, 0.25) is 0 Å². The van der Waals surface area contributed by atoms with Crippen LogP contribution in [0.15, 0.2) is 29.2 Å². The molecule has 6 heterocycles. The molecule has 0 spiro atoms. The Morgan fingerprint density at radius 2 is 1.40 bits per heavy atom. The van der Waals surface area contributed by atoms with E-state index in [1.807, 2.05) is 12.2 Å². The molecule has 2 saturated carbocycles. The van der Waals surface area contributed by atoms with Gasteiger partial charge in [0.2, 0.25) is 11.8 Å². The minimum atomic E-state index is -5.73. The van der Waals surface area contributed by atoms with Crippen molar-refractivity contribution in [1.82, 2.24) is 36.1 Å². The van der Waals surface area contributed by atoms with Gasteiger partial charge in [-0.2, -0.15) is 4.98 Å². The Balaban J connectivity index is 0.820. The van der Waals surface area contributed by atoms with Gasteiger partial charge in [-0.15, -0.1) is 0 Å². The van der Waals surface area contributed by atoms with Gasteiger partial charge in [-0.1, -0.05) is 6.08 Å². The number of alkyl halides is 1. The van der Waals surface area contributed by atoms with Crippen molar-refractivity contribution in [2.45, 2.75) is 245 Å². The summed E-state index contributed by atoms with van der Waals surface area (Å²) in [5.74, 6) is -14.1. The summed E-state index contributed by atoms with van der Waals surface area (Å²) in [6, 6.07) is -2.42. The number of amides is 3. The van der Waals surface area contributed by atoms with E-state index in [2.05, 4.69) is 31.6 Å². The number of fused-ring (bicyclic) bond motifs is 1. The molecule has 7 fully saturated rings. The average molecular weight is 1750 g/mol. The third-order valence-corrected chi connectivity index (χ3v) is 24.7. The molecule has 0 aromatic carbocycles. The molecule has 0 radical (unpaired) electrons. The Morgan fingerprint density at radius 3 is 2.01 bits per heavy atom. The molecule has 47 nitrogen and oxygen atoms in total. The first-order valence-electron chi connectivity index (χ1n) is 35.6. The number of aliphatic hydroxyl groups is 15. The third kappa shape index (κ3) is 20.4. The number of phosphoric ester groups is 1. The number of carboxylic acids is 3.